The van der Waals surface area contributed by atoms with Gasteiger partial charge in [0.05, 0.1) is 19.3 Å². The maximum Gasteiger partial charge on any atom is 0.279 e. The Kier molecular flexibility index (Phi) is 8.02. The van der Waals surface area contributed by atoms with Crippen molar-refractivity contribution in [1.82, 2.24) is 0 Å². The number of amides is 2. The Morgan fingerprint density at radius 3 is 2.14 bits per heavy atom. The molecule has 150 valence electrons. The number of hydrogen-bond acceptors (Lipinski definition) is 3. The van der Waals surface area contributed by atoms with Gasteiger partial charge >= 0.3 is 0 Å². The number of anilines is 2. The molecule has 0 spiro atoms. The molecule has 2 aromatic rings. The minimum atomic E-state index is -0.146. The number of aryl methyl sites for hydroxylation is 2. The summed E-state index contributed by atoms with van der Waals surface area (Å²) in [6.07, 6.45) is 0.883. The van der Waals surface area contributed by atoms with E-state index in [9.17, 15) is 9.59 Å². The van der Waals surface area contributed by atoms with Crippen molar-refractivity contribution < 1.29 is 19.2 Å². The van der Waals surface area contributed by atoms with Crippen LogP contribution in [-0.4, -0.2) is 38.6 Å². The fourth-order valence-corrected chi connectivity index (χ4v) is 3.18. The monoisotopic (exact) mass is 384 g/mol. The number of nitrogens with one attached hydrogen (secondary N) is 3. The highest BCUT2D eigenvalue weighted by molar-refractivity contribution is 5.94. The van der Waals surface area contributed by atoms with Crippen molar-refractivity contribution in [2.24, 2.45) is 0 Å². The zero-order valence-electron chi connectivity index (χ0n) is 17.1. The molecule has 3 N–H and O–H groups in total. The van der Waals surface area contributed by atoms with Gasteiger partial charge in [0.25, 0.3) is 11.8 Å². The van der Waals surface area contributed by atoms with Gasteiger partial charge < -0.3 is 20.3 Å². The number of hydrogen-bond donors (Lipinski definition) is 3. The molecule has 6 heteroatoms. The topological polar surface area (TPSA) is 71.9 Å². The van der Waals surface area contributed by atoms with Gasteiger partial charge in [0.1, 0.15) is 5.75 Å². The van der Waals surface area contributed by atoms with E-state index >= 15 is 0 Å². The standard InChI is InChI=1S/C22H29N3O3/c1-5-13-25(14-20(26)23-18-11-6-7-12-19(18)28-4)15-21(27)24-22-16(2)9-8-10-17(22)3/h6-12H,5,13-15H2,1-4H3,(H,23,26)(H,24,27)/p+1. The Morgan fingerprint density at radius 2 is 1.54 bits per heavy atom. The van der Waals surface area contributed by atoms with Crippen LogP contribution in [-0.2, 0) is 9.59 Å². The molecule has 0 saturated carbocycles. The zero-order valence-corrected chi connectivity index (χ0v) is 17.1. The van der Waals surface area contributed by atoms with Gasteiger partial charge in [-0.1, -0.05) is 37.3 Å². The minimum Gasteiger partial charge on any atom is -0.495 e. The molecule has 0 fully saturated rings. The van der Waals surface area contributed by atoms with Gasteiger partial charge in [-0.15, -0.1) is 0 Å². The summed E-state index contributed by atoms with van der Waals surface area (Å²) in [5, 5.41) is 5.87. The summed E-state index contributed by atoms with van der Waals surface area (Å²) in [7, 11) is 1.57. The van der Waals surface area contributed by atoms with Gasteiger partial charge in [-0.05, 0) is 43.5 Å². The molecular formula is C22H30N3O3+. The van der Waals surface area contributed by atoms with Gasteiger partial charge in [-0.25, -0.2) is 0 Å². The van der Waals surface area contributed by atoms with Crippen molar-refractivity contribution in [2.75, 3.05) is 37.4 Å². The first-order valence-corrected chi connectivity index (χ1v) is 9.57. The third-order valence-electron chi connectivity index (χ3n) is 4.55. The molecule has 2 amide bonds. The van der Waals surface area contributed by atoms with Crippen LogP contribution >= 0.6 is 0 Å². The summed E-state index contributed by atoms with van der Waals surface area (Å²) in [4.78, 5) is 26.0. The normalized spacial score (nSPS) is 11.6. The van der Waals surface area contributed by atoms with Crippen molar-refractivity contribution in [3.8, 4) is 5.75 Å². The summed E-state index contributed by atoms with van der Waals surface area (Å²) in [6.45, 7) is 7.17. The van der Waals surface area contributed by atoms with Crippen molar-refractivity contribution in [2.45, 2.75) is 27.2 Å². The molecule has 0 aliphatic rings. The summed E-state index contributed by atoms with van der Waals surface area (Å²) in [5.74, 6) is 0.374. The second-order valence-electron chi connectivity index (χ2n) is 6.92. The molecule has 0 aliphatic carbocycles. The van der Waals surface area contributed by atoms with E-state index in [1.54, 1.807) is 19.2 Å². The highest BCUT2D eigenvalue weighted by Crippen LogP contribution is 2.22. The molecule has 2 rings (SSSR count). The van der Waals surface area contributed by atoms with E-state index < -0.39 is 0 Å². The van der Waals surface area contributed by atoms with Gasteiger partial charge in [0.2, 0.25) is 0 Å². The quantitative estimate of drug-likeness (QED) is 0.621. The average molecular weight is 385 g/mol. The predicted molar refractivity (Wildman–Crippen MR) is 112 cm³/mol. The van der Waals surface area contributed by atoms with Gasteiger partial charge in [0, 0.05) is 5.69 Å². The maximum absolute atomic E-state index is 12.6. The molecule has 0 saturated heterocycles. The van der Waals surface area contributed by atoms with E-state index in [1.165, 1.54) is 0 Å². The Balaban J connectivity index is 1.98. The molecule has 0 aromatic heterocycles. The lowest BCUT2D eigenvalue weighted by atomic mass is 10.1. The van der Waals surface area contributed by atoms with Crippen molar-refractivity contribution >= 4 is 23.2 Å². The zero-order chi connectivity index (χ0) is 20.5. The lowest BCUT2D eigenvalue weighted by Crippen LogP contribution is -3.14. The van der Waals surface area contributed by atoms with Crippen LogP contribution in [0.3, 0.4) is 0 Å². The molecule has 0 heterocycles. The number of carbonyl (C=O) groups is 2. The molecule has 28 heavy (non-hydrogen) atoms. The highest BCUT2D eigenvalue weighted by Gasteiger charge is 2.19. The molecule has 1 atom stereocenters. The van der Waals surface area contributed by atoms with E-state index in [0.29, 0.717) is 11.4 Å². The van der Waals surface area contributed by atoms with E-state index in [4.69, 9.17) is 4.74 Å². The molecule has 0 aliphatic heterocycles. The largest absolute Gasteiger partial charge is 0.495 e. The molecular weight excluding hydrogens is 354 g/mol. The van der Waals surface area contributed by atoms with E-state index in [-0.39, 0.29) is 24.9 Å². The smallest absolute Gasteiger partial charge is 0.279 e. The van der Waals surface area contributed by atoms with E-state index in [2.05, 4.69) is 10.6 Å². The third kappa shape index (κ3) is 6.09. The molecule has 0 bridgehead atoms. The predicted octanol–water partition coefficient (Wildman–Crippen LogP) is 2.18. The van der Waals surface area contributed by atoms with Gasteiger partial charge in [-0.2, -0.15) is 0 Å². The number of benzene rings is 2. The van der Waals surface area contributed by atoms with Crippen LogP contribution in [0.1, 0.15) is 24.5 Å². The lowest BCUT2D eigenvalue weighted by molar-refractivity contribution is -0.883. The summed E-state index contributed by atoms with van der Waals surface area (Å²) >= 11 is 0. The average Bonchev–Trinajstić information content (AvgIpc) is 2.65. The first-order valence-electron chi connectivity index (χ1n) is 9.57. The van der Waals surface area contributed by atoms with Crippen LogP contribution in [0.2, 0.25) is 0 Å². The lowest BCUT2D eigenvalue weighted by Gasteiger charge is -2.19. The highest BCUT2D eigenvalue weighted by atomic mass is 16.5. The Hall–Kier alpha value is -2.86. The molecule has 1 unspecified atom stereocenters. The van der Waals surface area contributed by atoms with Crippen LogP contribution < -0.4 is 20.3 Å². The van der Waals surface area contributed by atoms with Gasteiger partial charge in [-0.3, -0.25) is 9.59 Å². The van der Waals surface area contributed by atoms with E-state index in [1.807, 2.05) is 51.1 Å². The number of quaternary nitrogens is 1. The molecule has 2 aromatic carbocycles. The van der Waals surface area contributed by atoms with Crippen LogP contribution in [0.4, 0.5) is 11.4 Å². The van der Waals surface area contributed by atoms with Crippen molar-refractivity contribution in [1.29, 1.82) is 0 Å². The Labute approximate surface area is 166 Å². The van der Waals surface area contributed by atoms with Crippen molar-refractivity contribution in [3.05, 3.63) is 53.6 Å². The maximum atomic E-state index is 12.6. The van der Waals surface area contributed by atoms with Crippen LogP contribution in [0.5, 0.6) is 5.75 Å². The van der Waals surface area contributed by atoms with Crippen molar-refractivity contribution in [3.63, 3.8) is 0 Å². The first kappa shape index (κ1) is 21.4. The fraction of sp³-hybridized carbons (Fsp3) is 0.364. The molecule has 0 radical (unpaired) electrons. The summed E-state index contributed by atoms with van der Waals surface area (Å²) in [5.41, 5.74) is 3.53. The first-order chi connectivity index (χ1) is 13.4. The number of ether oxygens (including phenoxy) is 1. The second kappa shape index (κ2) is 10.5. The summed E-state index contributed by atoms with van der Waals surface area (Å²) < 4.78 is 5.27. The number of rotatable bonds is 9. The Morgan fingerprint density at radius 1 is 0.929 bits per heavy atom. The van der Waals surface area contributed by atoms with Crippen LogP contribution in [0.15, 0.2) is 42.5 Å². The third-order valence-corrected chi connectivity index (χ3v) is 4.55. The van der Waals surface area contributed by atoms with Crippen LogP contribution in [0.25, 0.3) is 0 Å². The number of methoxy groups -OCH3 is 1. The number of para-hydroxylation sites is 3. The summed E-state index contributed by atoms with van der Waals surface area (Å²) in [6, 6.07) is 13.2. The SMILES string of the molecule is CCC[NH+](CC(=O)Nc1ccccc1OC)CC(=O)Nc1c(C)cccc1C. The Bertz CT molecular complexity index is 800. The van der Waals surface area contributed by atoms with E-state index in [0.717, 1.165) is 34.7 Å². The molecule has 6 nitrogen and oxygen atoms in total. The minimum absolute atomic E-state index is 0.0917. The van der Waals surface area contributed by atoms with Crippen LogP contribution in [0, 0.1) is 13.8 Å². The fourth-order valence-electron chi connectivity index (χ4n) is 3.18. The van der Waals surface area contributed by atoms with Gasteiger partial charge in [0.15, 0.2) is 13.1 Å². The number of carbonyl (C=O) groups excluding carboxylic acids is 2. The second-order valence-corrected chi connectivity index (χ2v) is 6.92.